The number of hydrogen-bond donors (Lipinski definition) is 1. The fraction of sp³-hybridized carbons (Fsp3) is 0.923. The number of carbonyl (C=O) groups excluding carboxylic acids is 1. The van der Waals surface area contributed by atoms with Crippen molar-refractivity contribution < 1.29 is 9.90 Å². The van der Waals surface area contributed by atoms with Crippen molar-refractivity contribution in [2.45, 2.75) is 59.0 Å². The molecule has 0 aromatic carbocycles. The molecule has 0 aliphatic heterocycles. The number of aliphatic hydroxyl groups is 1. The molecule has 0 heterocycles. The van der Waals surface area contributed by atoms with Crippen molar-refractivity contribution in [2.75, 3.05) is 0 Å². The standard InChI is InChI=1S/C13H24O2/c1-4-9(2)11-7-5-6-8-12(11)13(15)10(3)14/h9-12,14H,4-8H2,1-3H3. The van der Waals surface area contributed by atoms with Crippen molar-refractivity contribution in [3.63, 3.8) is 0 Å². The zero-order valence-electron chi connectivity index (χ0n) is 10.2. The summed E-state index contributed by atoms with van der Waals surface area (Å²) >= 11 is 0. The summed E-state index contributed by atoms with van der Waals surface area (Å²) in [6.07, 6.45) is 4.90. The maximum absolute atomic E-state index is 11.9. The van der Waals surface area contributed by atoms with E-state index >= 15 is 0 Å². The summed E-state index contributed by atoms with van der Waals surface area (Å²) in [5.74, 6) is 1.30. The lowest BCUT2D eigenvalue weighted by atomic mass is 9.70. The molecule has 15 heavy (non-hydrogen) atoms. The third-order valence-corrected chi connectivity index (χ3v) is 3.97. The van der Waals surface area contributed by atoms with E-state index in [0.29, 0.717) is 11.8 Å². The number of aliphatic hydroxyl groups excluding tert-OH is 1. The van der Waals surface area contributed by atoms with Gasteiger partial charge in [-0.2, -0.15) is 0 Å². The monoisotopic (exact) mass is 212 g/mol. The van der Waals surface area contributed by atoms with Crippen molar-refractivity contribution in [3.05, 3.63) is 0 Å². The molecule has 4 unspecified atom stereocenters. The summed E-state index contributed by atoms with van der Waals surface area (Å²) in [6, 6.07) is 0. The van der Waals surface area contributed by atoms with E-state index in [9.17, 15) is 9.90 Å². The summed E-state index contributed by atoms with van der Waals surface area (Å²) in [7, 11) is 0. The van der Waals surface area contributed by atoms with Gasteiger partial charge in [-0.25, -0.2) is 0 Å². The highest BCUT2D eigenvalue weighted by Crippen LogP contribution is 2.37. The SMILES string of the molecule is CCC(C)C1CCCCC1C(=O)C(C)O. The Balaban J connectivity index is 2.69. The van der Waals surface area contributed by atoms with Gasteiger partial charge in [0.05, 0.1) is 0 Å². The van der Waals surface area contributed by atoms with Crippen molar-refractivity contribution >= 4 is 5.78 Å². The molecule has 1 fully saturated rings. The maximum atomic E-state index is 11.9. The van der Waals surface area contributed by atoms with E-state index in [1.807, 2.05) is 0 Å². The summed E-state index contributed by atoms with van der Waals surface area (Å²) < 4.78 is 0. The van der Waals surface area contributed by atoms with E-state index in [1.165, 1.54) is 6.42 Å². The minimum atomic E-state index is -0.778. The molecule has 1 saturated carbocycles. The molecule has 1 aliphatic rings. The van der Waals surface area contributed by atoms with Crippen LogP contribution in [0.5, 0.6) is 0 Å². The van der Waals surface area contributed by atoms with E-state index in [0.717, 1.165) is 25.7 Å². The van der Waals surface area contributed by atoms with Crippen molar-refractivity contribution in [1.82, 2.24) is 0 Å². The van der Waals surface area contributed by atoms with E-state index in [1.54, 1.807) is 6.92 Å². The molecular formula is C13H24O2. The third kappa shape index (κ3) is 3.04. The Morgan fingerprint density at radius 3 is 2.47 bits per heavy atom. The third-order valence-electron chi connectivity index (χ3n) is 3.97. The van der Waals surface area contributed by atoms with Gasteiger partial charge in [-0.15, -0.1) is 0 Å². The zero-order chi connectivity index (χ0) is 11.4. The van der Waals surface area contributed by atoms with E-state index < -0.39 is 6.10 Å². The summed E-state index contributed by atoms with van der Waals surface area (Å²) in [6.45, 7) is 6.02. The molecule has 0 aromatic rings. The van der Waals surface area contributed by atoms with Crippen LogP contribution in [-0.4, -0.2) is 17.0 Å². The fourth-order valence-corrected chi connectivity index (χ4v) is 2.81. The highest BCUT2D eigenvalue weighted by atomic mass is 16.3. The normalized spacial score (nSPS) is 30.9. The second kappa shape index (κ2) is 5.64. The van der Waals surface area contributed by atoms with Gasteiger partial charge in [0.15, 0.2) is 5.78 Å². The minimum Gasteiger partial charge on any atom is -0.386 e. The summed E-state index contributed by atoms with van der Waals surface area (Å²) in [5, 5.41) is 9.40. The van der Waals surface area contributed by atoms with Crippen LogP contribution in [0.15, 0.2) is 0 Å². The average molecular weight is 212 g/mol. The van der Waals surface area contributed by atoms with Crippen LogP contribution in [0.25, 0.3) is 0 Å². The van der Waals surface area contributed by atoms with Crippen LogP contribution in [0, 0.1) is 17.8 Å². The summed E-state index contributed by atoms with van der Waals surface area (Å²) in [5.41, 5.74) is 0. The second-order valence-electron chi connectivity index (χ2n) is 5.02. The average Bonchev–Trinajstić information content (AvgIpc) is 2.27. The highest BCUT2D eigenvalue weighted by molar-refractivity contribution is 5.85. The topological polar surface area (TPSA) is 37.3 Å². The van der Waals surface area contributed by atoms with Gasteiger partial charge < -0.3 is 5.11 Å². The Hall–Kier alpha value is -0.370. The molecule has 0 amide bonds. The van der Waals surface area contributed by atoms with Crippen LogP contribution in [0.4, 0.5) is 0 Å². The number of Topliss-reactive ketones (excluding diaryl/α,β-unsaturated/α-hetero) is 1. The molecule has 2 nitrogen and oxygen atoms in total. The molecule has 0 bridgehead atoms. The Kier molecular flexibility index (Phi) is 4.78. The lowest BCUT2D eigenvalue weighted by Gasteiger charge is -2.35. The first-order chi connectivity index (χ1) is 7.07. The zero-order valence-corrected chi connectivity index (χ0v) is 10.2. The van der Waals surface area contributed by atoms with Gasteiger partial charge in [-0.3, -0.25) is 4.79 Å². The number of ketones is 1. The summed E-state index contributed by atoms with van der Waals surface area (Å²) in [4.78, 5) is 11.9. The molecule has 88 valence electrons. The molecule has 4 atom stereocenters. The first-order valence-electron chi connectivity index (χ1n) is 6.29. The smallest absolute Gasteiger partial charge is 0.164 e. The first-order valence-corrected chi connectivity index (χ1v) is 6.29. The van der Waals surface area contributed by atoms with Gasteiger partial charge >= 0.3 is 0 Å². The number of hydrogen-bond acceptors (Lipinski definition) is 2. The molecule has 0 aromatic heterocycles. The second-order valence-corrected chi connectivity index (χ2v) is 5.02. The minimum absolute atomic E-state index is 0.0694. The van der Waals surface area contributed by atoms with Gasteiger partial charge in [0.1, 0.15) is 6.10 Å². The molecule has 1 N–H and O–H groups in total. The Labute approximate surface area is 93.1 Å². The lowest BCUT2D eigenvalue weighted by Crippen LogP contribution is -2.36. The fourth-order valence-electron chi connectivity index (χ4n) is 2.81. The van der Waals surface area contributed by atoms with Gasteiger partial charge in [0, 0.05) is 5.92 Å². The highest BCUT2D eigenvalue weighted by Gasteiger charge is 2.34. The van der Waals surface area contributed by atoms with E-state index in [-0.39, 0.29) is 11.7 Å². The number of rotatable bonds is 4. The molecular weight excluding hydrogens is 188 g/mol. The van der Waals surface area contributed by atoms with Gasteiger partial charge in [0.25, 0.3) is 0 Å². The van der Waals surface area contributed by atoms with Gasteiger partial charge in [-0.05, 0) is 31.6 Å². The Morgan fingerprint density at radius 1 is 1.33 bits per heavy atom. The maximum Gasteiger partial charge on any atom is 0.164 e. The van der Waals surface area contributed by atoms with E-state index in [2.05, 4.69) is 13.8 Å². The first kappa shape index (κ1) is 12.7. The van der Waals surface area contributed by atoms with Crippen LogP contribution >= 0.6 is 0 Å². The predicted octanol–water partition coefficient (Wildman–Crippen LogP) is 2.79. The quantitative estimate of drug-likeness (QED) is 0.778. The molecule has 1 aliphatic carbocycles. The predicted molar refractivity (Wildman–Crippen MR) is 61.6 cm³/mol. The Bertz CT molecular complexity index is 211. The lowest BCUT2D eigenvalue weighted by molar-refractivity contribution is -0.134. The largest absolute Gasteiger partial charge is 0.386 e. The van der Waals surface area contributed by atoms with Crippen molar-refractivity contribution in [3.8, 4) is 0 Å². The van der Waals surface area contributed by atoms with Gasteiger partial charge in [0.2, 0.25) is 0 Å². The molecule has 2 heteroatoms. The number of carbonyl (C=O) groups is 1. The van der Waals surface area contributed by atoms with Crippen LogP contribution in [0.1, 0.15) is 52.9 Å². The Morgan fingerprint density at radius 2 is 1.93 bits per heavy atom. The van der Waals surface area contributed by atoms with Crippen LogP contribution in [-0.2, 0) is 4.79 Å². The molecule has 0 radical (unpaired) electrons. The van der Waals surface area contributed by atoms with Gasteiger partial charge in [-0.1, -0.05) is 33.1 Å². The molecule has 0 spiro atoms. The van der Waals surface area contributed by atoms with Crippen molar-refractivity contribution in [2.24, 2.45) is 17.8 Å². The van der Waals surface area contributed by atoms with E-state index in [4.69, 9.17) is 0 Å². The van der Waals surface area contributed by atoms with Crippen LogP contribution < -0.4 is 0 Å². The van der Waals surface area contributed by atoms with Crippen LogP contribution in [0.2, 0.25) is 0 Å². The molecule has 1 rings (SSSR count). The van der Waals surface area contributed by atoms with Crippen LogP contribution in [0.3, 0.4) is 0 Å². The molecule has 0 saturated heterocycles. The van der Waals surface area contributed by atoms with Crippen molar-refractivity contribution in [1.29, 1.82) is 0 Å².